The van der Waals surface area contributed by atoms with Crippen LogP contribution in [0.2, 0.25) is 0 Å². The Morgan fingerprint density at radius 1 is 1.12 bits per heavy atom. The van der Waals surface area contributed by atoms with Gasteiger partial charge in [-0.05, 0) is 55.5 Å². The number of allylic oxidation sites excluding steroid dienone is 1. The third-order valence-corrected chi connectivity index (χ3v) is 6.16. The number of methoxy groups -OCH3 is 1. The first kappa shape index (κ1) is 33.9. The Morgan fingerprint density at radius 2 is 1.79 bits per heavy atom. The highest BCUT2D eigenvalue weighted by Gasteiger charge is 2.21. The van der Waals surface area contributed by atoms with Gasteiger partial charge >= 0.3 is 0 Å². The van der Waals surface area contributed by atoms with Crippen molar-refractivity contribution >= 4 is 17.6 Å². The molecule has 1 fully saturated rings. The molecule has 42 heavy (non-hydrogen) atoms. The van der Waals surface area contributed by atoms with Crippen molar-refractivity contribution in [2.45, 2.75) is 19.4 Å². The van der Waals surface area contributed by atoms with Crippen molar-refractivity contribution in [3.63, 3.8) is 0 Å². The molecule has 2 aliphatic heterocycles. The summed E-state index contributed by atoms with van der Waals surface area (Å²) in [7, 11) is 3.62. The van der Waals surface area contributed by atoms with Crippen molar-refractivity contribution in [1.29, 1.82) is 0 Å². The second kappa shape index (κ2) is 18.9. The van der Waals surface area contributed by atoms with E-state index >= 15 is 0 Å². The molecule has 2 aliphatic rings. The average molecular weight is 579 g/mol. The maximum Gasteiger partial charge on any atom is 0.158 e. The Morgan fingerprint density at radius 3 is 2.33 bits per heavy atom. The van der Waals surface area contributed by atoms with Gasteiger partial charge in [0.15, 0.2) is 11.6 Å². The summed E-state index contributed by atoms with van der Waals surface area (Å²) in [4.78, 5) is 9.60. The Hall–Kier alpha value is -4.30. The number of aromatic nitrogens is 2. The molecule has 0 unspecified atom stereocenters. The van der Waals surface area contributed by atoms with Crippen LogP contribution in [0, 0.1) is 31.4 Å². The van der Waals surface area contributed by atoms with Crippen LogP contribution in [0.25, 0.3) is 11.3 Å². The predicted octanol–water partition coefficient (Wildman–Crippen LogP) is 5.28. The molecule has 2 aromatic carbocycles. The lowest BCUT2D eigenvalue weighted by Crippen LogP contribution is -2.31. The van der Waals surface area contributed by atoms with E-state index in [1.165, 1.54) is 23.3 Å². The summed E-state index contributed by atoms with van der Waals surface area (Å²) in [6, 6.07) is 15.6. The van der Waals surface area contributed by atoms with Crippen LogP contribution >= 0.6 is 0 Å². The number of hydrogen-bond acceptors (Lipinski definition) is 7. The van der Waals surface area contributed by atoms with Crippen LogP contribution in [-0.4, -0.2) is 74.1 Å². The molecule has 224 valence electrons. The highest BCUT2D eigenvalue weighted by atomic mass is 19.2. The van der Waals surface area contributed by atoms with Crippen LogP contribution in [0.5, 0.6) is 0 Å². The molecule has 0 spiro atoms. The lowest BCUT2D eigenvalue weighted by Gasteiger charge is -2.12. The van der Waals surface area contributed by atoms with E-state index < -0.39 is 11.6 Å². The van der Waals surface area contributed by atoms with E-state index in [1.807, 2.05) is 41.2 Å². The maximum absolute atomic E-state index is 11.9. The second-order valence-electron chi connectivity index (χ2n) is 8.98. The number of rotatable bonds is 8. The van der Waals surface area contributed by atoms with E-state index in [0.29, 0.717) is 12.6 Å². The summed E-state index contributed by atoms with van der Waals surface area (Å²) in [5.41, 5.74) is 4.56. The molecule has 0 bridgehead atoms. The Labute approximate surface area is 247 Å². The molecule has 1 aromatic heterocycles. The molecule has 1 saturated heterocycles. The minimum atomic E-state index is -0.799. The standard InChI is InChI=1S/C16H18N4.C8H16N2O2.C6H4F2.C2H2/c1-12-15(13-8-10-18-11-9-13)19-20(16(12)17-2)14-6-4-3-5-7-14;1-3-9-8-6-10(12-7-8)4-5-11-2;7-5-3-1-2-4-6(5)8;1-2/h3-8,10,17H,9,11H2,1-2H3;3,8-9H,1,4-7H2,2H3;1-4H;1-2H/t;8-;;/m.1../s1. The van der Waals surface area contributed by atoms with Crippen molar-refractivity contribution < 1.29 is 18.4 Å². The van der Waals surface area contributed by atoms with Crippen molar-refractivity contribution in [1.82, 2.24) is 20.2 Å². The van der Waals surface area contributed by atoms with Crippen LogP contribution in [0.15, 0.2) is 78.4 Å². The topological polar surface area (TPSA) is 75.9 Å². The minimum absolute atomic E-state index is 0.374. The van der Waals surface area contributed by atoms with Gasteiger partial charge in [0.25, 0.3) is 0 Å². The van der Waals surface area contributed by atoms with Gasteiger partial charge in [-0.3, -0.25) is 9.83 Å². The number of terminal acetylenes is 1. The lowest BCUT2D eigenvalue weighted by molar-refractivity contribution is -0.118. The van der Waals surface area contributed by atoms with E-state index in [0.717, 1.165) is 62.0 Å². The molecule has 1 atom stereocenters. The predicted molar refractivity (Wildman–Crippen MR) is 167 cm³/mol. The molecular formula is C32H40F2N6O2. The van der Waals surface area contributed by atoms with Crippen LogP contribution < -0.4 is 10.6 Å². The number of dihydropyridines is 1. The van der Waals surface area contributed by atoms with E-state index in [2.05, 4.69) is 60.2 Å². The highest BCUT2D eigenvalue weighted by Crippen LogP contribution is 2.29. The summed E-state index contributed by atoms with van der Waals surface area (Å²) in [5, 5.41) is 13.1. The van der Waals surface area contributed by atoms with Crippen LogP contribution in [0.1, 0.15) is 17.7 Å². The van der Waals surface area contributed by atoms with Gasteiger partial charge in [0.1, 0.15) is 5.82 Å². The number of ether oxygens (including phenoxy) is 1. The molecule has 8 nitrogen and oxygen atoms in total. The van der Waals surface area contributed by atoms with Gasteiger partial charge in [0.05, 0.1) is 30.6 Å². The molecule has 10 heteroatoms. The fourth-order valence-corrected chi connectivity index (χ4v) is 4.14. The highest BCUT2D eigenvalue weighted by molar-refractivity contribution is 5.86. The molecule has 3 aromatic rings. The molecule has 3 heterocycles. The van der Waals surface area contributed by atoms with Crippen molar-refractivity contribution in [2.24, 2.45) is 4.99 Å². The first-order valence-corrected chi connectivity index (χ1v) is 13.5. The number of anilines is 1. The fourth-order valence-electron chi connectivity index (χ4n) is 4.14. The number of aliphatic imine (C=N–C) groups is 1. The summed E-state index contributed by atoms with van der Waals surface area (Å²) < 4.78 is 30.8. The van der Waals surface area contributed by atoms with E-state index in [4.69, 9.17) is 14.7 Å². The summed E-state index contributed by atoms with van der Waals surface area (Å²) in [6.07, 6.45) is 14.6. The number of nitrogens with zero attached hydrogens (tertiary/aromatic N) is 4. The molecule has 0 radical (unpaired) electrons. The van der Waals surface area contributed by atoms with Crippen molar-refractivity contribution in [2.75, 3.05) is 52.3 Å². The van der Waals surface area contributed by atoms with Crippen LogP contribution in [-0.2, 0) is 9.57 Å². The Bertz CT molecular complexity index is 1290. The monoisotopic (exact) mass is 578 g/mol. The van der Waals surface area contributed by atoms with Gasteiger partial charge in [-0.2, -0.15) is 10.2 Å². The largest absolute Gasteiger partial charge is 0.385 e. The van der Waals surface area contributed by atoms with Gasteiger partial charge in [-0.1, -0.05) is 36.9 Å². The van der Waals surface area contributed by atoms with Gasteiger partial charge in [-0.15, -0.1) is 12.8 Å². The van der Waals surface area contributed by atoms with Gasteiger partial charge < -0.3 is 15.4 Å². The summed E-state index contributed by atoms with van der Waals surface area (Å²) >= 11 is 0. The smallest absolute Gasteiger partial charge is 0.158 e. The van der Waals surface area contributed by atoms with Crippen molar-refractivity contribution in [3.8, 4) is 18.5 Å². The van der Waals surface area contributed by atoms with E-state index in [-0.39, 0.29) is 0 Å². The Kier molecular flexibility index (Phi) is 15.3. The zero-order chi connectivity index (χ0) is 30.7. The molecule has 5 rings (SSSR count). The Balaban J connectivity index is 0.000000238. The van der Waals surface area contributed by atoms with Gasteiger partial charge in [0, 0.05) is 45.6 Å². The third kappa shape index (κ3) is 10.3. The minimum Gasteiger partial charge on any atom is -0.385 e. The first-order valence-electron chi connectivity index (χ1n) is 13.5. The number of benzene rings is 2. The SMILES string of the molecule is C#C.C=CN[C@H]1CON(CCOC)C1.CNc1c(C)c(C2=CC=NCC2)nn1-c1ccccc1.Fc1ccccc1F. The molecule has 2 N–H and O–H groups in total. The number of hydrogen-bond donors (Lipinski definition) is 2. The summed E-state index contributed by atoms with van der Waals surface area (Å²) in [5.74, 6) is -0.561. The first-order chi connectivity index (χ1) is 20.5. The van der Waals surface area contributed by atoms with Crippen LogP contribution in [0.4, 0.5) is 14.6 Å². The fraction of sp³-hybridized carbons (Fsp3) is 0.312. The number of halogens is 2. The molecule has 0 saturated carbocycles. The van der Waals surface area contributed by atoms with E-state index in [9.17, 15) is 8.78 Å². The van der Waals surface area contributed by atoms with Gasteiger partial charge in [-0.25, -0.2) is 13.5 Å². The normalized spacial score (nSPS) is 15.5. The zero-order valence-electron chi connectivity index (χ0n) is 24.5. The lowest BCUT2D eigenvalue weighted by atomic mass is 10.0. The van der Waals surface area contributed by atoms with Crippen molar-refractivity contribution in [3.05, 3.63) is 96.3 Å². The second-order valence-corrected chi connectivity index (χ2v) is 8.98. The van der Waals surface area contributed by atoms with E-state index in [1.54, 1.807) is 13.3 Å². The third-order valence-electron chi connectivity index (χ3n) is 6.16. The van der Waals surface area contributed by atoms with Gasteiger partial charge in [0.2, 0.25) is 0 Å². The zero-order valence-corrected chi connectivity index (χ0v) is 24.5. The molecular weight excluding hydrogens is 538 g/mol. The quantitative estimate of drug-likeness (QED) is 0.355. The molecule has 0 aliphatic carbocycles. The average Bonchev–Trinajstić information content (AvgIpc) is 3.63. The summed E-state index contributed by atoms with van der Waals surface area (Å²) in [6.45, 7) is 9.71. The number of nitrogens with one attached hydrogen (secondary N) is 2. The molecule has 0 amide bonds. The van der Waals surface area contributed by atoms with Crippen LogP contribution in [0.3, 0.4) is 0 Å². The number of hydroxylamine groups is 2. The number of para-hydroxylation sites is 1. The maximum atomic E-state index is 11.9.